The van der Waals surface area contributed by atoms with Gasteiger partial charge in [0.05, 0.1) is 0 Å². The number of rotatable bonds is 6. The molecule has 0 radical (unpaired) electrons. The topological polar surface area (TPSA) is 0 Å². The van der Waals surface area contributed by atoms with Crippen LogP contribution in [0.25, 0.3) is 0 Å². The fourth-order valence-electron chi connectivity index (χ4n) is 1.80. The highest BCUT2D eigenvalue weighted by Crippen LogP contribution is 2.22. The highest BCUT2D eigenvalue weighted by atomic mass is 32.2. The maximum atomic E-state index is 3.72. The maximum absolute atomic E-state index is 3.72. The van der Waals surface area contributed by atoms with Crippen molar-refractivity contribution in [1.82, 2.24) is 0 Å². The minimum Gasteiger partial charge on any atom is -0.0987 e. The maximum Gasteiger partial charge on any atom is 0.0116 e. The molecular formula is C17H16S2. The minimum absolute atomic E-state index is 0.970. The molecule has 19 heavy (non-hydrogen) atoms. The molecule has 0 aliphatic rings. The standard InChI is InChI=1S/C17H16S2/c1-3-18-16-9-5-14(6-10-16)13-15-7-11-17(12-8-15)19-4-2/h3-12H,1-2,13H2. The van der Waals surface area contributed by atoms with Crippen molar-refractivity contribution in [1.29, 1.82) is 0 Å². The Hall–Kier alpha value is -1.38. The van der Waals surface area contributed by atoms with E-state index >= 15 is 0 Å². The van der Waals surface area contributed by atoms with E-state index < -0.39 is 0 Å². The first-order chi connectivity index (χ1) is 9.31. The lowest BCUT2D eigenvalue weighted by molar-refractivity contribution is 1.17. The summed E-state index contributed by atoms with van der Waals surface area (Å²) in [5.41, 5.74) is 2.66. The fraction of sp³-hybridized carbons (Fsp3) is 0.0588. The lowest BCUT2D eigenvalue weighted by Crippen LogP contribution is -1.87. The summed E-state index contributed by atoms with van der Waals surface area (Å²) < 4.78 is 0. The highest BCUT2D eigenvalue weighted by molar-refractivity contribution is 8.02. The van der Waals surface area contributed by atoms with Crippen LogP contribution < -0.4 is 0 Å². The van der Waals surface area contributed by atoms with E-state index in [1.165, 1.54) is 20.9 Å². The summed E-state index contributed by atoms with van der Waals surface area (Å²) >= 11 is 3.30. The molecule has 0 spiro atoms. The third kappa shape index (κ3) is 4.34. The summed E-state index contributed by atoms with van der Waals surface area (Å²) in [4.78, 5) is 2.47. The molecule has 0 amide bonds. The van der Waals surface area contributed by atoms with Gasteiger partial charge in [-0.3, -0.25) is 0 Å². The van der Waals surface area contributed by atoms with Crippen LogP contribution in [0.2, 0.25) is 0 Å². The Kier molecular flexibility index (Phi) is 5.37. The monoisotopic (exact) mass is 284 g/mol. The third-order valence-electron chi connectivity index (χ3n) is 2.69. The van der Waals surface area contributed by atoms with Gasteiger partial charge in [0.1, 0.15) is 0 Å². The van der Waals surface area contributed by atoms with E-state index in [1.54, 1.807) is 23.5 Å². The first kappa shape index (κ1) is 14.0. The largest absolute Gasteiger partial charge is 0.0987 e. The van der Waals surface area contributed by atoms with E-state index in [4.69, 9.17) is 0 Å². The zero-order chi connectivity index (χ0) is 13.5. The van der Waals surface area contributed by atoms with Crippen molar-refractivity contribution < 1.29 is 0 Å². The van der Waals surface area contributed by atoms with Crippen molar-refractivity contribution in [2.24, 2.45) is 0 Å². The Morgan fingerprint density at radius 1 is 0.684 bits per heavy atom. The van der Waals surface area contributed by atoms with Gasteiger partial charge < -0.3 is 0 Å². The second-order valence-corrected chi connectivity index (χ2v) is 6.11. The van der Waals surface area contributed by atoms with E-state index in [-0.39, 0.29) is 0 Å². The Balaban J connectivity index is 2.03. The summed E-state index contributed by atoms with van der Waals surface area (Å²) in [7, 11) is 0. The van der Waals surface area contributed by atoms with E-state index in [9.17, 15) is 0 Å². The van der Waals surface area contributed by atoms with Gasteiger partial charge in [-0.05, 0) is 52.6 Å². The molecule has 0 unspecified atom stereocenters. The van der Waals surface area contributed by atoms with Crippen molar-refractivity contribution in [2.75, 3.05) is 0 Å². The van der Waals surface area contributed by atoms with Crippen LogP contribution in [-0.2, 0) is 6.42 Å². The average molecular weight is 284 g/mol. The molecule has 0 atom stereocenters. The van der Waals surface area contributed by atoms with E-state index in [1.807, 2.05) is 10.8 Å². The van der Waals surface area contributed by atoms with Gasteiger partial charge >= 0.3 is 0 Å². The van der Waals surface area contributed by atoms with Crippen molar-refractivity contribution in [3.63, 3.8) is 0 Å². The Bertz CT molecular complexity index is 487. The molecule has 0 saturated heterocycles. The molecule has 0 aliphatic heterocycles. The normalized spacial score (nSPS) is 10.1. The van der Waals surface area contributed by atoms with Crippen LogP contribution in [0, 0.1) is 0 Å². The molecule has 2 aromatic rings. The summed E-state index contributed by atoms with van der Waals surface area (Å²) in [6.45, 7) is 7.45. The molecule has 96 valence electrons. The summed E-state index contributed by atoms with van der Waals surface area (Å²) in [5.74, 6) is 0. The molecule has 0 heterocycles. The molecule has 2 rings (SSSR count). The van der Waals surface area contributed by atoms with Gasteiger partial charge in [0.25, 0.3) is 0 Å². The molecule has 0 fully saturated rings. The predicted octanol–water partition coefficient (Wildman–Crippen LogP) is 5.75. The van der Waals surface area contributed by atoms with Crippen LogP contribution in [0.1, 0.15) is 11.1 Å². The lowest BCUT2D eigenvalue weighted by Gasteiger charge is -2.04. The first-order valence-electron chi connectivity index (χ1n) is 6.05. The van der Waals surface area contributed by atoms with Crippen molar-refractivity contribution in [3.05, 3.63) is 83.6 Å². The molecule has 0 nitrogen and oxygen atoms in total. The van der Waals surface area contributed by atoms with Crippen LogP contribution in [-0.4, -0.2) is 0 Å². The molecule has 2 aromatic carbocycles. The lowest BCUT2D eigenvalue weighted by atomic mass is 10.1. The third-order valence-corrected chi connectivity index (χ3v) is 4.12. The van der Waals surface area contributed by atoms with Crippen LogP contribution in [0.15, 0.2) is 82.3 Å². The Labute approximate surface area is 123 Å². The Morgan fingerprint density at radius 3 is 1.37 bits per heavy atom. The SMILES string of the molecule is C=CSc1ccc(Cc2ccc(SC=C)cc2)cc1. The van der Waals surface area contributed by atoms with Crippen molar-refractivity contribution >= 4 is 23.5 Å². The average Bonchev–Trinajstić information content (AvgIpc) is 2.44. The number of hydrogen-bond donors (Lipinski definition) is 0. The first-order valence-corrected chi connectivity index (χ1v) is 7.81. The molecule has 0 saturated carbocycles. The smallest absolute Gasteiger partial charge is 0.0116 e. The minimum atomic E-state index is 0.970. The quantitative estimate of drug-likeness (QED) is 0.619. The van der Waals surface area contributed by atoms with Crippen molar-refractivity contribution in [3.8, 4) is 0 Å². The molecule has 0 aliphatic carbocycles. The second-order valence-electron chi connectivity index (χ2n) is 4.03. The van der Waals surface area contributed by atoms with Crippen LogP contribution in [0.3, 0.4) is 0 Å². The van der Waals surface area contributed by atoms with Gasteiger partial charge in [-0.15, -0.1) is 0 Å². The second kappa shape index (κ2) is 7.27. The Morgan fingerprint density at radius 2 is 1.05 bits per heavy atom. The van der Waals surface area contributed by atoms with Gasteiger partial charge in [0.2, 0.25) is 0 Å². The fourth-order valence-corrected chi connectivity index (χ4v) is 2.77. The molecule has 0 N–H and O–H groups in total. The van der Waals surface area contributed by atoms with Crippen LogP contribution in [0.4, 0.5) is 0 Å². The van der Waals surface area contributed by atoms with E-state index in [0.29, 0.717) is 0 Å². The van der Waals surface area contributed by atoms with Gasteiger partial charge in [-0.1, -0.05) is 60.9 Å². The molecular weight excluding hydrogens is 268 g/mol. The molecule has 0 bridgehead atoms. The van der Waals surface area contributed by atoms with Gasteiger partial charge in [-0.2, -0.15) is 0 Å². The number of hydrogen-bond acceptors (Lipinski definition) is 2. The number of thioether (sulfide) groups is 2. The van der Waals surface area contributed by atoms with Crippen molar-refractivity contribution in [2.45, 2.75) is 16.2 Å². The van der Waals surface area contributed by atoms with Gasteiger partial charge in [0, 0.05) is 9.79 Å². The zero-order valence-electron chi connectivity index (χ0n) is 10.7. The zero-order valence-corrected chi connectivity index (χ0v) is 12.3. The predicted molar refractivity (Wildman–Crippen MR) is 87.8 cm³/mol. The van der Waals surface area contributed by atoms with E-state index in [0.717, 1.165) is 6.42 Å². The molecule has 0 aromatic heterocycles. The van der Waals surface area contributed by atoms with Gasteiger partial charge in [0.15, 0.2) is 0 Å². The summed E-state index contributed by atoms with van der Waals surface area (Å²) in [5, 5.41) is 3.70. The van der Waals surface area contributed by atoms with Gasteiger partial charge in [-0.25, -0.2) is 0 Å². The summed E-state index contributed by atoms with van der Waals surface area (Å²) in [6, 6.07) is 17.3. The van der Waals surface area contributed by atoms with Crippen LogP contribution in [0.5, 0.6) is 0 Å². The molecule has 2 heteroatoms. The summed E-state index contributed by atoms with van der Waals surface area (Å²) in [6.07, 6.45) is 0.970. The van der Waals surface area contributed by atoms with E-state index in [2.05, 4.69) is 61.7 Å². The number of benzene rings is 2. The van der Waals surface area contributed by atoms with Crippen LogP contribution >= 0.6 is 23.5 Å². The highest BCUT2D eigenvalue weighted by Gasteiger charge is 1.98.